The number of carboxylic acids is 1. The van der Waals surface area contributed by atoms with Crippen LogP contribution in [0.2, 0.25) is 0 Å². The van der Waals surface area contributed by atoms with E-state index in [9.17, 15) is 9.90 Å². The van der Waals surface area contributed by atoms with Crippen LogP contribution in [0.25, 0.3) is 11.3 Å². The Kier molecular flexibility index (Phi) is 12.2. The minimum atomic E-state index is -0.942. The summed E-state index contributed by atoms with van der Waals surface area (Å²) < 4.78 is 13.5. The Morgan fingerprint density at radius 3 is 2.21 bits per heavy atom. The van der Waals surface area contributed by atoms with Crippen molar-refractivity contribution in [1.82, 2.24) is 4.57 Å². The lowest BCUT2D eigenvalue weighted by Crippen LogP contribution is -2.26. The number of hydrogen-bond donors (Lipinski definition) is 2. The number of benzene rings is 3. The van der Waals surface area contributed by atoms with Crippen LogP contribution < -0.4 is 10.5 Å². The normalized spacial score (nSPS) is 11.4. The van der Waals surface area contributed by atoms with Crippen molar-refractivity contribution in [2.45, 2.75) is 44.4 Å². The monoisotopic (exact) mass is 546 g/mol. The molecule has 0 aliphatic rings. The van der Waals surface area contributed by atoms with E-state index in [-0.39, 0.29) is 0 Å². The summed E-state index contributed by atoms with van der Waals surface area (Å²) in [5.74, 6) is -0.175. The van der Waals surface area contributed by atoms with E-state index in [1.165, 1.54) is 27.4 Å². The summed E-state index contributed by atoms with van der Waals surface area (Å²) in [6, 6.07) is 30.4. The molecule has 0 amide bonds. The molecule has 0 aliphatic heterocycles. The molecule has 0 radical (unpaired) electrons. The second-order valence-corrected chi connectivity index (χ2v) is 9.79. The van der Waals surface area contributed by atoms with E-state index in [0.717, 1.165) is 17.9 Å². The van der Waals surface area contributed by atoms with Gasteiger partial charge in [-0.3, -0.25) is 0 Å². The molecule has 1 atom stereocenters. The molecule has 3 N–H and O–H groups in total. The van der Waals surface area contributed by atoms with Gasteiger partial charge >= 0.3 is 5.97 Å². The van der Waals surface area contributed by atoms with Gasteiger partial charge in [0.2, 0.25) is 0 Å². The number of rotatable bonds is 12. The Morgan fingerprint density at radius 2 is 1.64 bits per heavy atom. The van der Waals surface area contributed by atoms with E-state index in [4.69, 9.17) is 15.2 Å². The highest BCUT2D eigenvalue weighted by atomic mass is 32.2. The van der Waals surface area contributed by atoms with Gasteiger partial charge in [0.25, 0.3) is 0 Å². The Morgan fingerprint density at radius 1 is 0.949 bits per heavy atom. The van der Waals surface area contributed by atoms with Crippen molar-refractivity contribution in [3.63, 3.8) is 0 Å². The van der Waals surface area contributed by atoms with E-state index in [2.05, 4.69) is 54.1 Å². The first-order valence-electron chi connectivity index (χ1n) is 13.1. The fourth-order valence-electron chi connectivity index (χ4n) is 4.10. The number of carbonyl (C=O) groups is 1. The minimum Gasteiger partial charge on any atom is -0.492 e. The molecule has 0 fully saturated rings. The highest BCUT2D eigenvalue weighted by Crippen LogP contribution is 2.25. The molecule has 39 heavy (non-hydrogen) atoms. The number of nitrogens with zero attached hydrogens (tertiary/aromatic N) is 1. The molecule has 4 aromatic rings. The summed E-state index contributed by atoms with van der Waals surface area (Å²) in [4.78, 5) is 12.5. The van der Waals surface area contributed by atoms with E-state index in [1.807, 2.05) is 54.6 Å². The molecule has 7 heteroatoms. The maximum absolute atomic E-state index is 11.3. The zero-order valence-corrected chi connectivity index (χ0v) is 23.7. The van der Waals surface area contributed by atoms with Crippen LogP contribution in [0.3, 0.4) is 0 Å². The summed E-state index contributed by atoms with van der Waals surface area (Å²) in [5, 5.41) is 9.23. The summed E-state index contributed by atoms with van der Waals surface area (Å²) in [6.07, 6.45) is 1.59. The summed E-state index contributed by atoms with van der Waals surface area (Å²) in [6.45, 7) is 6.20. The maximum atomic E-state index is 11.3. The number of hydrogen-bond acceptors (Lipinski definition) is 5. The number of aliphatic carboxylic acids is 1. The van der Waals surface area contributed by atoms with Crippen LogP contribution in [-0.2, 0) is 29.0 Å². The van der Waals surface area contributed by atoms with Crippen LogP contribution in [0, 0.1) is 6.92 Å². The molecular formula is C32H38N2O4S. The van der Waals surface area contributed by atoms with Crippen LogP contribution >= 0.6 is 11.8 Å². The first-order chi connectivity index (χ1) is 18.9. The van der Waals surface area contributed by atoms with Crippen molar-refractivity contribution < 1.29 is 19.4 Å². The van der Waals surface area contributed by atoms with Gasteiger partial charge in [0.05, 0.1) is 6.54 Å². The average Bonchev–Trinajstić information content (AvgIpc) is 3.34. The van der Waals surface area contributed by atoms with Gasteiger partial charge in [-0.05, 0) is 73.2 Å². The Balaban J connectivity index is 0.000000449. The van der Waals surface area contributed by atoms with Crippen molar-refractivity contribution in [2.24, 2.45) is 5.73 Å². The van der Waals surface area contributed by atoms with Gasteiger partial charge in [-0.1, -0.05) is 54.6 Å². The lowest BCUT2D eigenvalue weighted by Gasteiger charge is -2.14. The summed E-state index contributed by atoms with van der Waals surface area (Å²) in [5.41, 5.74) is 11.0. The predicted octanol–water partition coefficient (Wildman–Crippen LogP) is 6.44. The molecule has 0 saturated carbocycles. The Labute approximate surface area is 235 Å². The van der Waals surface area contributed by atoms with Gasteiger partial charge in [-0.2, -0.15) is 0 Å². The highest BCUT2D eigenvalue weighted by molar-refractivity contribution is 7.98. The third-order valence-electron chi connectivity index (χ3n) is 6.23. The van der Waals surface area contributed by atoms with Gasteiger partial charge in [-0.15, -0.1) is 11.8 Å². The predicted molar refractivity (Wildman–Crippen MR) is 159 cm³/mol. The summed E-state index contributed by atoms with van der Waals surface area (Å²) in [7, 11) is 0. The molecule has 0 bridgehead atoms. The van der Waals surface area contributed by atoms with Crippen LogP contribution in [0.15, 0.2) is 95.9 Å². The highest BCUT2D eigenvalue weighted by Gasteiger charge is 2.17. The second-order valence-electron chi connectivity index (χ2n) is 8.91. The molecule has 4 rings (SSSR count). The number of thioether (sulfide) groups is 1. The number of carboxylic acid groups (broad SMARTS) is 1. The number of ether oxygens (including phenoxy) is 2. The van der Waals surface area contributed by atoms with Crippen molar-refractivity contribution >= 4 is 17.7 Å². The third-order valence-corrected chi connectivity index (χ3v) is 6.98. The van der Waals surface area contributed by atoms with Crippen LogP contribution in [0.1, 0.15) is 23.7 Å². The third kappa shape index (κ3) is 9.32. The molecule has 1 aromatic heterocycles. The lowest BCUT2D eigenvalue weighted by molar-refractivity contribution is -0.149. The summed E-state index contributed by atoms with van der Waals surface area (Å²) >= 11 is 1.74. The van der Waals surface area contributed by atoms with Crippen LogP contribution in [0.5, 0.6) is 5.75 Å². The molecule has 206 valence electrons. The number of aromatic nitrogens is 1. The molecule has 3 aromatic carbocycles. The van der Waals surface area contributed by atoms with Gasteiger partial charge in [-0.25, -0.2) is 4.79 Å². The fraction of sp³-hybridized carbons (Fsp3) is 0.281. The second kappa shape index (κ2) is 15.8. The van der Waals surface area contributed by atoms with Gasteiger partial charge in [0.15, 0.2) is 6.10 Å². The molecule has 0 spiro atoms. The quantitative estimate of drug-likeness (QED) is 0.199. The van der Waals surface area contributed by atoms with Crippen molar-refractivity contribution in [3.8, 4) is 17.0 Å². The van der Waals surface area contributed by atoms with E-state index < -0.39 is 12.1 Å². The standard InChI is InChI=1S/C25H29NO4S.C7H9N/c1-4-29-24(25(27)28)17-19-6-10-21(11-7-19)30-16-15-26-18(2)5-14-23(26)20-8-12-22(31-3)13-9-20;8-6-7-4-2-1-3-5-7/h5-14,24H,4,15-17H2,1-3H3,(H,27,28);1-5H,6,8H2. The molecule has 6 nitrogen and oxygen atoms in total. The largest absolute Gasteiger partial charge is 0.492 e. The molecule has 1 unspecified atom stereocenters. The topological polar surface area (TPSA) is 86.7 Å². The van der Waals surface area contributed by atoms with Crippen molar-refractivity contribution in [2.75, 3.05) is 19.5 Å². The first-order valence-corrected chi connectivity index (χ1v) is 14.3. The Hall–Kier alpha value is -3.52. The molecular weight excluding hydrogens is 508 g/mol. The first kappa shape index (κ1) is 30.0. The fourth-order valence-corrected chi connectivity index (χ4v) is 4.51. The van der Waals surface area contributed by atoms with Crippen LogP contribution in [-0.4, -0.2) is 41.2 Å². The lowest BCUT2D eigenvalue weighted by atomic mass is 10.1. The zero-order chi connectivity index (χ0) is 28.0. The molecule has 1 heterocycles. The minimum absolute atomic E-state index is 0.338. The average molecular weight is 547 g/mol. The van der Waals surface area contributed by atoms with E-state index in [0.29, 0.717) is 26.2 Å². The zero-order valence-electron chi connectivity index (χ0n) is 22.9. The van der Waals surface area contributed by atoms with Gasteiger partial charge < -0.3 is 24.9 Å². The molecule has 0 saturated heterocycles. The maximum Gasteiger partial charge on any atom is 0.333 e. The van der Waals surface area contributed by atoms with Crippen LogP contribution in [0.4, 0.5) is 0 Å². The van der Waals surface area contributed by atoms with Crippen molar-refractivity contribution in [1.29, 1.82) is 0 Å². The molecule has 0 aliphatic carbocycles. The Bertz CT molecular complexity index is 1270. The number of nitrogens with two attached hydrogens (primary N) is 1. The van der Waals surface area contributed by atoms with Crippen molar-refractivity contribution in [3.05, 3.63) is 108 Å². The number of aryl methyl sites for hydroxylation is 1. The van der Waals surface area contributed by atoms with E-state index in [1.54, 1.807) is 18.7 Å². The van der Waals surface area contributed by atoms with E-state index >= 15 is 0 Å². The van der Waals surface area contributed by atoms with Gasteiger partial charge in [0.1, 0.15) is 12.4 Å². The van der Waals surface area contributed by atoms with Gasteiger partial charge in [0, 0.05) is 35.9 Å². The SMILES string of the molecule is CCOC(Cc1ccc(OCCn2c(C)ccc2-c2ccc(SC)cc2)cc1)C(=O)O.NCc1ccccc1. The smallest absolute Gasteiger partial charge is 0.333 e.